The van der Waals surface area contributed by atoms with Gasteiger partial charge in [0.1, 0.15) is 13.2 Å². The molecule has 0 aliphatic carbocycles. The van der Waals surface area contributed by atoms with Gasteiger partial charge in [0.25, 0.3) is 0 Å². The Kier molecular flexibility index (Phi) is 8.03. The minimum atomic E-state index is 0. The van der Waals surface area contributed by atoms with Crippen LogP contribution in [0.5, 0.6) is 11.5 Å². The van der Waals surface area contributed by atoms with Gasteiger partial charge in [0.15, 0.2) is 17.5 Å². The topological polar surface area (TPSA) is 54.9 Å². The van der Waals surface area contributed by atoms with Crippen LogP contribution in [-0.4, -0.2) is 32.8 Å². The van der Waals surface area contributed by atoms with Gasteiger partial charge in [-0.25, -0.2) is 0 Å². The molecule has 0 radical (unpaired) electrons. The Labute approximate surface area is 172 Å². The molecule has 26 heavy (non-hydrogen) atoms. The number of nitrogens with zero attached hydrogens (tertiary/aromatic N) is 1. The summed E-state index contributed by atoms with van der Waals surface area (Å²) in [5.74, 6) is 2.47. The zero-order chi connectivity index (χ0) is 17.5. The smallest absolute Gasteiger partial charge is 0.191 e. The van der Waals surface area contributed by atoms with E-state index in [1.54, 1.807) is 7.05 Å². The molecule has 1 aliphatic rings. The molecule has 1 heterocycles. The van der Waals surface area contributed by atoms with Crippen molar-refractivity contribution in [3.8, 4) is 11.5 Å². The van der Waals surface area contributed by atoms with E-state index in [1.807, 2.05) is 6.07 Å². The summed E-state index contributed by atoms with van der Waals surface area (Å²) in [5.41, 5.74) is 3.72. The molecule has 0 unspecified atom stereocenters. The molecule has 0 saturated heterocycles. The van der Waals surface area contributed by atoms with Gasteiger partial charge in [-0.1, -0.05) is 35.9 Å². The number of rotatable bonds is 5. The molecule has 0 saturated carbocycles. The number of halogens is 1. The normalized spacial score (nSPS) is 12.9. The SMILES string of the molecule is CN=C(NCCc1ccc2c(c1)OCCO2)NCc1ccc(C)cc1.I. The Hall–Kier alpha value is -1.96. The molecule has 140 valence electrons. The Morgan fingerprint density at radius 2 is 1.65 bits per heavy atom. The van der Waals surface area contributed by atoms with E-state index in [0.717, 1.165) is 37.0 Å². The summed E-state index contributed by atoms with van der Waals surface area (Å²) in [7, 11) is 1.79. The van der Waals surface area contributed by atoms with Crippen LogP contribution in [0.1, 0.15) is 16.7 Å². The Morgan fingerprint density at radius 1 is 0.962 bits per heavy atom. The van der Waals surface area contributed by atoms with E-state index in [2.05, 4.69) is 58.9 Å². The third-order valence-electron chi connectivity index (χ3n) is 4.12. The third-order valence-corrected chi connectivity index (χ3v) is 4.12. The molecule has 0 fully saturated rings. The number of benzene rings is 2. The third kappa shape index (κ3) is 5.79. The molecule has 0 atom stereocenters. The molecular formula is C20H26IN3O2. The minimum Gasteiger partial charge on any atom is -0.486 e. The van der Waals surface area contributed by atoms with Gasteiger partial charge in [-0.15, -0.1) is 24.0 Å². The van der Waals surface area contributed by atoms with Gasteiger partial charge in [0.2, 0.25) is 0 Å². The number of aryl methyl sites for hydroxylation is 1. The van der Waals surface area contributed by atoms with Gasteiger partial charge in [0, 0.05) is 20.1 Å². The standard InChI is InChI=1S/C20H25N3O2.HI/c1-15-3-5-17(6-4-15)14-23-20(21-2)22-10-9-16-7-8-18-19(13-16)25-12-11-24-18;/h3-8,13H,9-12,14H2,1-2H3,(H2,21,22,23);1H. The van der Waals surface area contributed by atoms with Gasteiger partial charge < -0.3 is 20.1 Å². The zero-order valence-electron chi connectivity index (χ0n) is 15.2. The molecule has 6 heteroatoms. The van der Waals surface area contributed by atoms with Crippen LogP contribution in [0.25, 0.3) is 0 Å². The van der Waals surface area contributed by atoms with Crippen LogP contribution in [0.4, 0.5) is 0 Å². The Morgan fingerprint density at radius 3 is 2.38 bits per heavy atom. The van der Waals surface area contributed by atoms with Crippen molar-refractivity contribution in [3.05, 3.63) is 59.2 Å². The van der Waals surface area contributed by atoms with Crippen molar-refractivity contribution in [3.63, 3.8) is 0 Å². The first-order chi connectivity index (χ1) is 12.2. The van der Waals surface area contributed by atoms with Crippen molar-refractivity contribution >= 4 is 29.9 Å². The van der Waals surface area contributed by atoms with E-state index in [9.17, 15) is 0 Å². The lowest BCUT2D eigenvalue weighted by Crippen LogP contribution is -2.37. The van der Waals surface area contributed by atoms with Crippen molar-refractivity contribution in [2.24, 2.45) is 4.99 Å². The van der Waals surface area contributed by atoms with Crippen molar-refractivity contribution in [1.82, 2.24) is 10.6 Å². The van der Waals surface area contributed by atoms with Crippen LogP contribution in [-0.2, 0) is 13.0 Å². The van der Waals surface area contributed by atoms with E-state index < -0.39 is 0 Å². The van der Waals surface area contributed by atoms with Crippen LogP contribution >= 0.6 is 24.0 Å². The first-order valence-electron chi connectivity index (χ1n) is 8.63. The number of hydrogen-bond acceptors (Lipinski definition) is 3. The fourth-order valence-corrected chi connectivity index (χ4v) is 2.68. The number of ether oxygens (including phenoxy) is 2. The lowest BCUT2D eigenvalue weighted by Gasteiger charge is -2.19. The molecule has 0 aromatic heterocycles. The van der Waals surface area contributed by atoms with E-state index in [4.69, 9.17) is 9.47 Å². The average molecular weight is 467 g/mol. The second-order valence-corrected chi connectivity index (χ2v) is 6.07. The average Bonchev–Trinajstić information content (AvgIpc) is 2.65. The summed E-state index contributed by atoms with van der Waals surface area (Å²) in [6, 6.07) is 14.6. The lowest BCUT2D eigenvalue weighted by atomic mass is 10.1. The Balaban J connectivity index is 0.00000243. The number of hydrogen-bond donors (Lipinski definition) is 2. The molecule has 5 nitrogen and oxygen atoms in total. The lowest BCUT2D eigenvalue weighted by molar-refractivity contribution is 0.171. The summed E-state index contributed by atoms with van der Waals surface area (Å²) in [6.45, 7) is 4.88. The van der Waals surface area contributed by atoms with Crippen LogP contribution in [0, 0.1) is 6.92 Å². The first kappa shape index (κ1) is 20.4. The second kappa shape index (κ2) is 10.3. The number of nitrogens with one attached hydrogen (secondary N) is 2. The largest absolute Gasteiger partial charge is 0.486 e. The molecule has 2 N–H and O–H groups in total. The fourth-order valence-electron chi connectivity index (χ4n) is 2.68. The van der Waals surface area contributed by atoms with Crippen LogP contribution < -0.4 is 20.1 Å². The fraction of sp³-hybridized carbons (Fsp3) is 0.350. The Bertz CT molecular complexity index is 732. The van der Waals surface area contributed by atoms with E-state index >= 15 is 0 Å². The highest BCUT2D eigenvalue weighted by Crippen LogP contribution is 2.30. The number of guanidine groups is 1. The summed E-state index contributed by atoms with van der Waals surface area (Å²) >= 11 is 0. The predicted octanol–water partition coefficient (Wildman–Crippen LogP) is 3.29. The summed E-state index contributed by atoms with van der Waals surface area (Å²) in [5, 5.41) is 6.68. The molecule has 2 aromatic carbocycles. The van der Waals surface area contributed by atoms with Crippen molar-refractivity contribution in [2.75, 3.05) is 26.8 Å². The van der Waals surface area contributed by atoms with Gasteiger partial charge in [0.05, 0.1) is 0 Å². The highest BCUT2D eigenvalue weighted by atomic mass is 127. The second-order valence-electron chi connectivity index (χ2n) is 6.07. The van der Waals surface area contributed by atoms with Gasteiger partial charge in [-0.05, 0) is 36.6 Å². The van der Waals surface area contributed by atoms with Crippen LogP contribution in [0.2, 0.25) is 0 Å². The molecule has 0 bridgehead atoms. The van der Waals surface area contributed by atoms with Gasteiger partial charge in [-0.2, -0.15) is 0 Å². The molecule has 2 aromatic rings. The quantitative estimate of drug-likeness (QED) is 0.403. The molecule has 0 spiro atoms. The van der Waals surface area contributed by atoms with Crippen molar-refractivity contribution in [1.29, 1.82) is 0 Å². The van der Waals surface area contributed by atoms with Crippen molar-refractivity contribution in [2.45, 2.75) is 19.9 Å². The number of fused-ring (bicyclic) bond motifs is 1. The van der Waals surface area contributed by atoms with Gasteiger partial charge in [-0.3, -0.25) is 4.99 Å². The van der Waals surface area contributed by atoms with E-state index in [-0.39, 0.29) is 24.0 Å². The van der Waals surface area contributed by atoms with Gasteiger partial charge >= 0.3 is 0 Å². The molecule has 0 amide bonds. The van der Waals surface area contributed by atoms with Crippen LogP contribution in [0.3, 0.4) is 0 Å². The monoisotopic (exact) mass is 467 g/mol. The molecule has 3 rings (SSSR count). The first-order valence-corrected chi connectivity index (χ1v) is 8.63. The summed E-state index contributed by atoms with van der Waals surface area (Å²) < 4.78 is 11.2. The highest BCUT2D eigenvalue weighted by molar-refractivity contribution is 14.0. The molecule has 1 aliphatic heterocycles. The number of aliphatic imine (C=N–C) groups is 1. The summed E-state index contributed by atoms with van der Waals surface area (Å²) in [4.78, 5) is 4.27. The predicted molar refractivity (Wildman–Crippen MR) is 116 cm³/mol. The highest BCUT2D eigenvalue weighted by Gasteiger charge is 2.11. The minimum absolute atomic E-state index is 0. The summed E-state index contributed by atoms with van der Waals surface area (Å²) in [6.07, 6.45) is 0.891. The maximum atomic E-state index is 5.63. The zero-order valence-corrected chi connectivity index (χ0v) is 17.6. The maximum absolute atomic E-state index is 5.63. The van der Waals surface area contributed by atoms with Crippen molar-refractivity contribution < 1.29 is 9.47 Å². The van der Waals surface area contributed by atoms with E-state index in [0.29, 0.717) is 13.2 Å². The van der Waals surface area contributed by atoms with Crippen LogP contribution in [0.15, 0.2) is 47.5 Å². The maximum Gasteiger partial charge on any atom is 0.191 e. The molecular weight excluding hydrogens is 441 g/mol. The van der Waals surface area contributed by atoms with E-state index in [1.165, 1.54) is 16.7 Å².